The molecule has 0 aliphatic heterocycles. The van der Waals surface area contributed by atoms with Crippen molar-refractivity contribution in [1.29, 1.82) is 0 Å². The van der Waals surface area contributed by atoms with Crippen molar-refractivity contribution in [2.45, 2.75) is 25.3 Å². The van der Waals surface area contributed by atoms with Gasteiger partial charge in [-0.1, -0.05) is 12.1 Å². The largest absolute Gasteiger partial charge is 0.493 e. The molecule has 0 atom stereocenters. The van der Waals surface area contributed by atoms with E-state index >= 15 is 0 Å². The fraction of sp³-hybridized carbons (Fsp3) is 0.381. The number of hydrogen-bond acceptors (Lipinski definition) is 5. The van der Waals surface area contributed by atoms with E-state index in [0.717, 1.165) is 11.3 Å². The molecule has 0 fully saturated rings. The highest BCUT2D eigenvalue weighted by Crippen LogP contribution is 2.30. The van der Waals surface area contributed by atoms with Gasteiger partial charge in [-0.3, -0.25) is 0 Å². The van der Waals surface area contributed by atoms with Crippen molar-refractivity contribution in [3.8, 4) is 11.5 Å². The van der Waals surface area contributed by atoms with Crippen molar-refractivity contribution < 1.29 is 17.9 Å². The maximum Gasteiger partial charge on any atom is 0.242 e. The lowest BCUT2D eigenvalue weighted by atomic mass is 10.2. The van der Waals surface area contributed by atoms with E-state index in [1.165, 1.54) is 18.4 Å². The highest BCUT2D eigenvalue weighted by Gasteiger charge is 2.16. The van der Waals surface area contributed by atoms with E-state index < -0.39 is 10.0 Å². The Morgan fingerprint density at radius 2 is 1.77 bits per heavy atom. The Labute approximate surface area is 179 Å². The number of nitrogens with zero attached hydrogens (tertiary/aromatic N) is 2. The quantitative estimate of drug-likeness (QED) is 0.466. The molecule has 164 valence electrons. The van der Waals surface area contributed by atoms with E-state index in [9.17, 15) is 8.42 Å². The highest BCUT2D eigenvalue weighted by molar-refractivity contribution is 7.89. The van der Waals surface area contributed by atoms with Crippen LogP contribution in [0.3, 0.4) is 0 Å². The van der Waals surface area contributed by atoms with Crippen molar-refractivity contribution in [3.05, 3.63) is 48.0 Å². The van der Waals surface area contributed by atoms with Crippen molar-refractivity contribution in [2.24, 2.45) is 4.99 Å². The lowest BCUT2D eigenvalue weighted by molar-refractivity contribution is 0.311. The Hall–Kier alpha value is -2.78. The monoisotopic (exact) mass is 434 g/mol. The van der Waals surface area contributed by atoms with Crippen LogP contribution in [-0.2, 0) is 16.6 Å². The number of sulfonamides is 1. The second kappa shape index (κ2) is 10.8. The summed E-state index contributed by atoms with van der Waals surface area (Å²) in [6, 6.07) is 12.3. The van der Waals surface area contributed by atoms with Gasteiger partial charge in [0.1, 0.15) is 0 Å². The van der Waals surface area contributed by atoms with E-state index in [4.69, 9.17) is 9.47 Å². The molecule has 2 aromatic carbocycles. The third-order valence-corrected chi connectivity index (χ3v) is 6.02. The molecule has 30 heavy (non-hydrogen) atoms. The second-order valence-corrected chi connectivity index (χ2v) is 8.70. The van der Waals surface area contributed by atoms with E-state index in [2.05, 4.69) is 15.6 Å². The molecule has 0 saturated carbocycles. The van der Waals surface area contributed by atoms with Gasteiger partial charge in [0, 0.05) is 32.4 Å². The lowest BCUT2D eigenvalue weighted by Gasteiger charge is -2.14. The minimum atomic E-state index is -3.44. The zero-order valence-electron chi connectivity index (χ0n) is 18.1. The highest BCUT2D eigenvalue weighted by atomic mass is 32.2. The number of aliphatic imine (C=N–C) groups is 1. The molecule has 2 rings (SSSR count). The minimum Gasteiger partial charge on any atom is -0.493 e. The van der Waals surface area contributed by atoms with Crippen LogP contribution >= 0.6 is 0 Å². The molecule has 0 aromatic heterocycles. The fourth-order valence-corrected chi connectivity index (χ4v) is 3.51. The third-order valence-electron chi connectivity index (χ3n) is 4.19. The normalized spacial score (nSPS) is 12.0. The standard InChI is InChI=1S/C21H30N4O4S/c1-6-22-21(24-17-10-13-19(29-7-2)20(14-17)28-5)23-15-16-8-11-18(12-9-16)30(26,27)25(3)4/h8-14H,6-7,15H2,1-5H3,(H2,22,23,24). The minimum absolute atomic E-state index is 0.256. The summed E-state index contributed by atoms with van der Waals surface area (Å²) in [6.45, 7) is 5.55. The molecule has 0 bridgehead atoms. The SMILES string of the molecule is CCNC(=NCc1ccc(S(=O)(=O)N(C)C)cc1)Nc1ccc(OCC)c(OC)c1. The first-order valence-corrected chi connectivity index (χ1v) is 11.1. The maximum absolute atomic E-state index is 12.2. The average molecular weight is 435 g/mol. The summed E-state index contributed by atoms with van der Waals surface area (Å²) in [4.78, 5) is 4.84. The number of anilines is 1. The number of nitrogens with one attached hydrogen (secondary N) is 2. The molecular weight excluding hydrogens is 404 g/mol. The van der Waals surface area contributed by atoms with Crippen molar-refractivity contribution in [3.63, 3.8) is 0 Å². The number of rotatable bonds is 9. The Morgan fingerprint density at radius 3 is 2.33 bits per heavy atom. The van der Waals surface area contributed by atoms with Gasteiger partial charge in [0.2, 0.25) is 10.0 Å². The maximum atomic E-state index is 12.2. The summed E-state index contributed by atoms with van der Waals surface area (Å²) in [5, 5.41) is 6.44. The van der Waals surface area contributed by atoms with Crippen LogP contribution in [0.2, 0.25) is 0 Å². The summed E-state index contributed by atoms with van der Waals surface area (Å²) < 4.78 is 36.5. The van der Waals surface area contributed by atoms with Crippen molar-refractivity contribution in [1.82, 2.24) is 9.62 Å². The van der Waals surface area contributed by atoms with Crippen LogP contribution in [0.4, 0.5) is 5.69 Å². The van der Waals surface area contributed by atoms with Crippen LogP contribution in [0, 0.1) is 0 Å². The van der Waals surface area contributed by atoms with Crippen LogP contribution in [-0.4, -0.2) is 53.0 Å². The molecule has 8 nitrogen and oxygen atoms in total. The summed E-state index contributed by atoms with van der Waals surface area (Å²) in [5.74, 6) is 1.92. The number of guanidine groups is 1. The Morgan fingerprint density at radius 1 is 1.07 bits per heavy atom. The molecule has 0 aliphatic carbocycles. The number of methoxy groups -OCH3 is 1. The molecule has 2 N–H and O–H groups in total. The lowest BCUT2D eigenvalue weighted by Crippen LogP contribution is -2.30. The topological polar surface area (TPSA) is 92.3 Å². The Kier molecular flexibility index (Phi) is 8.49. The van der Waals surface area contributed by atoms with Gasteiger partial charge in [0.15, 0.2) is 17.5 Å². The molecule has 0 radical (unpaired) electrons. The molecule has 0 amide bonds. The summed E-state index contributed by atoms with van der Waals surface area (Å²) in [5.41, 5.74) is 1.71. The first-order valence-electron chi connectivity index (χ1n) is 9.69. The molecule has 0 aliphatic rings. The van der Waals surface area contributed by atoms with Crippen LogP contribution in [0.15, 0.2) is 52.4 Å². The second-order valence-electron chi connectivity index (χ2n) is 6.55. The van der Waals surface area contributed by atoms with Crippen LogP contribution in [0.1, 0.15) is 19.4 Å². The van der Waals surface area contributed by atoms with Gasteiger partial charge in [-0.15, -0.1) is 0 Å². The van der Waals surface area contributed by atoms with Gasteiger partial charge in [-0.05, 0) is 43.7 Å². The summed E-state index contributed by atoms with van der Waals surface area (Å²) in [7, 11) is 1.18. The van der Waals surface area contributed by atoms with Gasteiger partial charge in [-0.25, -0.2) is 17.7 Å². The van der Waals surface area contributed by atoms with Crippen LogP contribution < -0.4 is 20.1 Å². The molecule has 0 saturated heterocycles. The van der Waals surface area contributed by atoms with E-state index in [-0.39, 0.29) is 4.90 Å². The fourth-order valence-electron chi connectivity index (χ4n) is 2.61. The number of benzene rings is 2. The molecular formula is C21H30N4O4S. The zero-order chi connectivity index (χ0) is 22.1. The summed E-state index contributed by atoms with van der Waals surface area (Å²) >= 11 is 0. The van der Waals surface area contributed by atoms with Crippen molar-refractivity contribution >= 4 is 21.7 Å². The Bertz CT molecular complexity index is 957. The number of ether oxygens (including phenoxy) is 2. The van der Waals surface area contributed by atoms with E-state index in [1.54, 1.807) is 31.4 Å². The van der Waals surface area contributed by atoms with Crippen LogP contribution in [0.25, 0.3) is 0 Å². The molecule has 9 heteroatoms. The van der Waals surface area contributed by atoms with Gasteiger partial charge in [0.25, 0.3) is 0 Å². The third kappa shape index (κ3) is 6.11. The van der Waals surface area contributed by atoms with Gasteiger partial charge in [0.05, 0.1) is 25.2 Å². The smallest absolute Gasteiger partial charge is 0.242 e. The molecule has 0 unspecified atom stereocenters. The van der Waals surface area contributed by atoms with Gasteiger partial charge >= 0.3 is 0 Å². The first kappa shape index (κ1) is 23.5. The predicted molar refractivity (Wildman–Crippen MR) is 120 cm³/mol. The zero-order valence-corrected chi connectivity index (χ0v) is 18.9. The molecule has 0 heterocycles. The van der Waals surface area contributed by atoms with Crippen molar-refractivity contribution in [2.75, 3.05) is 39.7 Å². The predicted octanol–water partition coefficient (Wildman–Crippen LogP) is 2.92. The van der Waals surface area contributed by atoms with E-state index in [0.29, 0.717) is 37.2 Å². The first-order chi connectivity index (χ1) is 14.3. The number of hydrogen-bond donors (Lipinski definition) is 2. The van der Waals surface area contributed by atoms with Gasteiger partial charge in [-0.2, -0.15) is 0 Å². The summed E-state index contributed by atoms with van der Waals surface area (Å²) in [6.07, 6.45) is 0. The van der Waals surface area contributed by atoms with Crippen LogP contribution in [0.5, 0.6) is 11.5 Å². The average Bonchev–Trinajstić information content (AvgIpc) is 2.73. The van der Waals surface area contributed by atoms with Gasteiger partial charge < -0.3 is 20.1 Å². The molecule has 0 spiro atoms. The molecule has 2 aromatic rings. The van der Waals surface area contributed by atoms with E-state index in [1.807, 2.05) is 32.0 Å². The Balaban J connectivity index is 2.15.